The number of nitrogens with zero attached hydrogens (tertiary/aromatic N) is 2. The average Bonchev–Trinajstić information content (AvgIpc) is 3.43. The van der Waals surface area contributed by atoms with Gasteiger partial charge in [0, 0.05) is 18.4 Å². The molecule has 0 aliphatic carbocycles. The molecule has 0 bridgehead atoms. The maximum Gasteiger partial charge on any atom is 0.259 e. The number of amides is 1. The van der Waals surface area contributed by atoms with Crippen LogP contribution in [0.3, 0.4) is 0 Å². The van der Waals surface area contributed by atoms with Gasteiger partial charge in [-0.2, -0.15) is 5.10 Å². The molecule has 1 aromatic heterocycles. The Morgan fingerprint density at radius 1 is 1.30 bits per heavy atom. The van der Waals surface area contributed by atoms with E-state index < -0.39 is 0 Å². The summed E-state index contributed by atoms with van der Waals surface area (Å²) in [6.45, 7) is 3.24. The van der Waals surface area contributed by atoms with E-state index in [0.717, 1.165) is 25.1 Å². The monoisotopic (exact) mass is 409 g/mol. The van der Waals surface area contributed by atoms with Crippen molar-refractivity contribution in [3.05, 3.63) is 71.8 Å². The van der Waals surface area contributed by atoms with E-state index in [-0.39, 0.29) is 17.8 Å². The van der Waals surface area contributed by atoms with Crippen LogP contribution in [0.5, 0.6) is 5.75 Å². The highest BCUT2D eigenvalue weighted by Gasteiger charge is 2.18. The largest absolute Gasteiger partial charge is 0.491 e. The Labute approximate surface area is 174 Å². The molecule has 30 heavy (non-hydrogen) atoms. The second kappa shape index (κ2) is 9.09. The molecule has 156 valence electrons. The van der Waals surface area contributed by atoms with Gasteiger partial charge in [0.15, 0.2) is 0 Å². The van der Waals surface area contributed by atoms with Crippen LogP contribution in [-0.2, 0) is 11.2 Å². The fourth-order valence-corrected chi connectivity index (χ4v) is 3.54. The van der Waals surface area contributed by atoms with Crippen molar-refractivity contribution in [1.82, 2.24) is 9.78 Å². The lowest BCUT2D eigenvalue weighted by Gasteiger charge is -2.13. The minimum atomic E-state index is -0.316. The molecular formula is C23H24FN3O3. The Morgan fingerprint density at radius 2 is 2.13 bits per heavy atom. The summed E-state index contributed by atoms with van der Waals surface area (Å²) < 4.78 is 26.3. The first kappa shape index (κ1) is 20.1. The normalized spacial score (nSPS) is 15.9. The van der Waals surface area contributed by atoms with Crippen LogP contribution in [0.25, 0.3) is 5.69 Å². The number of rotatable bonds is 7. The molecule has 3 aromatic rings. The number of carbonyl (C=O) groups excluding carboxylic acids is 1. The summed E-state index contributed by atoms with van der Waals surface area (Å²) in [6.07, 6.45) is 4.34. The van der Waals surface area contributed by atoms with Gasteiger partial charge in [0.2, 0.25) is 0 Å². The Balaban J connectivity index is 1.47. The third-order valence-corrected chi connectivity index (χ3v) is 5.07. The van der Waals surface area contributed by atoms with Gasteiger partial charge < -0.3 is 14.8 Å². The summed E-state index contributed by atoms with van der Waals surface area (Å²) >= 11 is 0. The number of benzene rings is 2. The maximum absolute atomic E-state index is 13.2. The number of carbonyl (C=O) groups is 1. The SMILES string of the molecule is CCc1c(C(=O)Nc2cccc(OCC3CCCO3)c2)cnn1-c1ccc(F)cc1. The average molecular weight is 409 g/mol. The lowest BCUT2D eigenvalue weighted by Crippen LogP contribution is -2.17. The van der Waals surface area contributed by atoms with Gasteiger partial charge in [-0.05, 0) is 55.7 Å². The number of ether oxygens (including phenoxy) is 2. The maximum atomic E-state index is 13.2. The van der Waals surface area contributed by atoms with E-state index in [1.165, 1.54) is 18.3 Å². The van der Waals surface area contributed by atoms with Crippen molar-refractivity contribution in [2.45, 2.75) is 32.3 Å². The van der Waals surface area contributed by atoms with Crippen molar-refractivity contribution in [1.29, 1.82) is 0 Å². The zero-order chi connectivity index (χ0) is 20.9. The highest BCUT2D eigenvalue weighted by atomic mass is 19.1. The quantitative estimate of drug-likeness (QED) is 0.629. The first-order valence-electron chi connectivity index (χ1n) is 10.1. The summed E-state index contributed by atoms with van der Waals surface area (Å²) in [5, 5.41) is 7.25. The fourth-order valence-electron chi connectivity index (χ4n) is 3.54. The highest BCUT2D eigenvalue weighted by molar-refractivity contribution is 6.05. The molecule has 4 rings (SSSR count). The van der Waals surface area contributed by atoms with E-state index in [1.54, 1.807) is 22.9 Å². The molecule has 1 aliphatic heterocycles. The second-order valence-corrected chi connectivity index (χ2v) is 7.17. The Morgan fingerprint density at radius 3 is 2.87 bits per heavy atom. The van der Waals surface area contributed by atoms with E-state index in [4.69, 9.17) is 9.47 Å². The first-order chi connectivity index (χ1) is 14.6. The molecule has 1 aliphatic rings. The third kappa shape index (κ3) is 4.52. The molecule has 2 aromatic carbocycles. The summed E-state index contributed by atoms with van der Waals surface area (Å²) in [5.41, 5.74) is 2.58. The molecule has 0 spiro atoms. The van der Waals surface area contributed by atoms with Crippen molar-refractivity contribution in [3.63, 3.8) is 0 Å². The summed E-state index contributed by atoms with van der Waals surface area (Å²) in [4.78, 5) is 12.9. The predicted octanol–water partition coefficient (Wildman–Crippen LogP) is 4.38. The van der Waals surface area contributed by atoms with Gasteiger partial charge in [0.1, 0.15) is 18.2 Å². The van der Waals surface area contributed by atoms with Gasteiger partial charge in [-0.15, -0.1) is 0 Å². The van der Waals surface area contributed by atoms with Crippen LogP contribution >= 0.6 is 0 Å². The van der Waals surface area contributed by atoms with E-state index in [0.29, 0.717) is 35.7 Å². The summed E-state index contributed by atoms with van der Waals surface area (Å²) in [6, 6.07) is 13.3. The Hall–Kier alpha value is -3.19. The van der Waals surface area contributed by atoms with E-state index >= 15 is 0 Å². The van der Waals surface area contributed by atoms with Crippen LogP contribution in [-0.4, -0.2) is 35.0 Å². The van der Waals surface area contributed by atoms with E-state index in [2.05, 4.69) is 10.4 Å². The molecule has 1 atom stereocenters. The molecule has 1 fully saturated rings. The zero-order valence-corrected chi connectivity index (χ0v) is 16.8. The van der Waals surface area contributed by atoms with Gasteiger partial charge in [0.25, 0.3) is 5.91 Å². The molecule has 1 amide bonds. The van der Waals surface area contributed by atoms with Crippen molar-refractivity contribution < 1.29 is 18.7 Å². The van der Waals surface area contributed by atoms with E-state index in [1.807, 2.05) is 25.1 Å². The molecule has 0 saturated carbocycles. The Kier molecular flexibility index (Phi) is 6.09. The number of anilines is 1. The van der Waals surface area contributed by atoms with Crippen LogP contribution in [0.2, 0.25) is 0 Å². The lowest BCUT2D eigenvalue weighted by molar-refractivity contribution is 0.0680. The first-order valence-corrected chi connectivity index (χ1v) is 10.1. The van der Waals surface area contributed by atoms with Crippen LogP contribution in [0, 0.1) is 5.82 Å². The number of hydrogen-bond donors (Lipinski definition) is 1. The van der Waals surface area contributed by atoms with Crippen LogP contribution in [0.15, 0.2) is 54.7 Å². The predicted molar refractivity (Wildman–Crippen MR) is 112 cm³/mol. The minimum Gasteiger partial charge on any atom is -0.491 e. The molecule has 1 N–H and O–H groups in total. The van der Waals surface area contributed by atoms with Gasteiger partial charge in [-0.1, -0.05) is 13.0 Å². The van der Waals surface area contributed by atoms with Crippen molar-refractivity contribution in [3.8, 4) is 11.4 Å². The zero-order valence-electron chi connectivity index (χ0n) is 16.8. The second-order valence-electron chi connectivity index (χ2n) is 7.17. The van der Waals surface area contributed by atoms with Crippen LogP contribution in [0.1, 0.15) is 35.8 Å². The van der Waals surface area contributed by atoms with Crippen molar-refractivity contribution in [2.75, 3.05) is 18.5 Å². The molecule has 6 nitrogen and oxygen atoms in total. The van der Waals surface area contributed by atoms with Crippen LogP contribution in [0.4, 0.5) is 10.1 Å². The van der Waals surface area contributed by atoms with Gasteiger partial charge in [-0.25, -0.2) is 9.07 Å². The van der Waals surface area contributed by atoms with Crippen LogP contribution < -0.4 is 10.1 Å². The highest BCUT2D eigenvalue weighted by Crippen LogP contribution is 2.22. The molecule has 0 radical (unpaired) electrons. The Bertz CT molecular complexity index is 1010. The number of halogens is 1. The van der Waals surface area contributed by atoms with Crippen molar-refractivity contribution >= 4 is 11.6 Å². The lowest BCUT2D eigenvalue weighted by atomic mass is 10.1. The van der Waals surface area contributed by atoms with Crippen molar-refractivity contribution in [2.24, 2.45) is 0 Å². The summed E-state index contributed by atoms with van der Waals surface area (Å²) in [5.74, 6) is 0.112. The standard InChI is InChI=1S/C23H24FN3O3/c1-2-22-21(14-25-27(22)18-10-8-16(24)9-11-18)23(28)26-17-5-3-6-19(13-17)30-15-20-7-4-12-29-20/h3,5-6,8-11,13-14,20H,2,4,7,12,15H2,1H3,(H,26,28). The molecular weight excluding hydrogens is 385 g/mol. The third-order valence-electron chi connectivity index (χ3n) is 5.07. The fraction of sp³-hybridized carbons (Fsp3) is 0.304. The smallest absolute Gasteiger partial charge is 0.259 e. The summed E-state index contributed by atoms with van der Waals surface area (Å²) in [7, 11) is 0. The molecule has 1 unspecified atom stereocenters. The molecule has 7 heteroatoms. The number of aromatic nitrogens is 2. The number of hydrogen-bond acceptors (Lipinski definition) is 4. The topological polar surface area (TPSA) is 65.4 Å². The number of nitrogens with one attached hydrogen (secondary N) is 1. The molecule has 2 heterocycles. The van der Waals surface area contributed by atoms with Gasteiger partial charge in [-0.3, -0.25) is 4.79 Å². The minimum absolute atomic E-state index is 0.132. The van der Waals surface area contributed by atoms with E-state index in [9.17, 15) is 9.18 Å². The van der Waals surface area contributed by atoms with Gasteiger partial charge in [0.05, 0.1) is 29.2 Å². The van der Waals surface area contributed by atoms with Gasteiger partial charge >= 0.3 is 0 Å². The molecule has 1 saturated heterocycles.